The van der Waals surface area contributed by atoms with Gasteiger partial charge in [-0.3, -0.25) is 14.6 Å². The van der Waals surface area contributed by atoms with Crippen LogP contribution in [0.3, 0.4) is 0 Å². The zero-order chi connectivity index (χ0) is 25.0. The van der Waals surface area contributed by atoms with Crippen molar-refractivity contribution in [2.45, 2.75) is 32.6 Å². The molecule has 0 aliphatic carbocycles. The van der Waals surface area contributed by atoms with Crippen LogP contribution in [0, 0.1) is 6.92 Å². The fraction of sp³-hybridized carbons (Fsp3) is 0.400. The number of hydrogen-bond acceptors (Lipinski definition) is 6. The maximum absolute atomic E-state index is 13.0. The van der Waals surface area contributed by atoms with Gasteiger partial charge in [-0.2, -0.15) is 18.2 Å². The minimum atomic E-state index is -4.44. The van der Waals surface area contributed by atoms with E-state index in [-0.39, 0.29) is 23.3 Å². The van der Waals surface area contributed by atoms with Gasteiger partial charge < -0.3 is 9.84 Å². The number of nitrogens with zero attached hydrogens (tertiary/aromatic N) is 4. The first-order chi connectivity index (χ1) is 16.7. The van der Waals surface area contributed by atoms with Crippen molar-refractivity contribution in [2.75, 3.05) is 32.7 Å². The van der Waals surface area contributed by atoms with Crippen molar-refractivity contribution in [1.82, 2.24) is 25.3 Å². The molecule has 1 unspecified atom stereocenters. The third-order valence-electron chi connectivity index (χ3n) is 6.18. The van der Waals surface area contributed by atoms with Gasteiger partial charge in [0.1, 0.15) is 0 Å². The summed E-state index contributed by atoms with van der Waals surface area (Å²) >= 11 is 0. The minimum absolute atomic E-state index is 0.0188. The van der Waals surface area contributed by atoms with Crippen LogP contribution in [-0.2, 0) is 17.5 Å². The summed E-state index contributed by atoms with van der Waals surface area (Å²) in [5, 5.41) is 6.85. The maximum atomic E-state index is 13.0. The van der Waals surface area contributed by atoms with Crippen LogP contribution in [0.1, 0.15) is 35.5 Å². The van der Waals surface area contributed by atoms with Crippen LogP contribution in [-0.4, -0.2) is 58.6 Å². The van der Waals surface area contributed by atoms with E-state index in [1.54, 1.807) is 0 Å². The van der Waals surface area contributed by atoms with Crippen molar-refractivity contribution in [3.63, 3.8) is 0 Å². The van der Waals surface area contributed by atoms with Gasteiger partial charge in [0, 0.05) is 38.3 Å². The van der Waals surface area contributed by atoms with E-state index in [0.717, 1.165) is 17.7 Å². The van der Waals surface area contributed by atoms with E-state index in [9.17, 15) is 18.0 Å². The van der Waals surface area contributed by atoms with Gasteiger partial charge in [-0.15, -0.1) is 0 Å². The Bertz CT molecular complexity index is 1140. The first-order valence-corrected chi connectivity index (χ1v) is 11.5. The molecule has 1 atom stereocenters. The lowest BCUT2D eigenvalue weighted by Gasteiger charge is -2.36. The van der Waals surface area contributed by atoms with Crippen LogP contribution in [0.4, 0.5) is 13.2 Å². The van der Waals surface area contributed by atoms with Crippen molar-refractivity contribution in [1.29, 1.82) is 0 Å². The molecule has 1 N–H and O–H groups in total. The Morgan fingerprint density at radius 1 is 1.11 bits per heavy atom. The lowest BCUT2D eigenvalue weighted by molar-refractivity contribution is -0.137. The van der Waals surface area contributed by atoms with Crippen molar-refractivity contribution in [3.05, 3.63) is 71.1 Å². The Morgan fingerprint density at radius 2 is 1.83 bits per heavy atom. The third-order valence-corrected chi connectivity index (χ3v) is 6.18. The predicted octanol–water partition coefficient (Wildman–Crippen LogP) is 4.06. The van der Waals surface area contributed by atoms with Gasteiger partial charge in [-0.25, -0.2) is 0 Å². The zero-order valence-electron chi connectivity index (χ0n) is 19.7. The smallest absolute Gasteiger partial charge is 0.351 e. The number of aromatic nitrogens is 2. The topological polar surface area (TPSA) is 74.5 Å². The second-order valence-corrected chi connectivity index (χ2v) is 8.79. The maximum Gasteiger partial charge on any atom is 0.416 e. The average Bonchev–Trinajstić information content (AvgIpc) is 3.34. The highest BCUT2D eigenvalue weighted by Crippen LogP contribution is 2.32. The normalized spacial score (nSPS) is 16.3. The summed E-state index contributed by atoms with van der Waals surface area (Å²) < 4.78 is 44.4. The molecule has 1 aliphatic rings. The monoisotopic (exact) mass is 487 g/mol. The first-order valence-electron chi connectivity index (χ1n) is 11.5. The summed E-state index contributed by atoms with van der Waals surface area (Å²) in [5.41, 5.74) is 1.74. The van der Waals surface area contributed by atoms with Crippen LogP contribution < -0.4 is 5.32 Å². The number of carbonyl (C=O) groups is 1. The molecule has 1 amide bonds. The van der Waals surface area contributed by atoms with Gasteiger partial charge in [-0.1, -0.05) is 47.1 Å². The first kappa shape index (κ1) is 24.9. The molecule has 7 nitrogen and oxygen atoms in total. The van der Waals surface area contributed by atoms with Crippen LogP contribution in [0.5, 0.6) is 0 Å². The Morgan fingerprint density at radius 3 is 2.51 bits per heavy atom. The summed E-state index contributed by atoms with van der Waals surface area (Å²) in [6, 6.07) is 12.7. The molecule has 0 spiro atoms. The molecule has 1 fully saturated rings. The van der Waals surface area contributed by atoms with Crippen molar-refractivity contribution in [3.8, 4) is 11.4 Å². The second kappa shape index (κ2) is 10.6. The Kier molecular flexibility index (Phi) is 7.51. The van der Waals surface area contributed by atoms with Crippen molar-refractivity contribution < 1.29 is 22.5 Å². The van der Waals surface area contributed by atoms with E-state index in [1.165, 1.54) is 17.7 Å². The molecule has 1 aliphatic heterocycles. The van der Waals surface area contributed by atoms with Gasteiger partial charge >= 0.3 is 6.18 Å². The average molecular weight is 488 g/mol. The largest absolute Gasteiger partial charge is 0.416 e. The van der Waals surface area contributed by atoms with Crippen LogP contribution in [0.15, 0.2) is 53.1 Å². The highest BCUT2D eigenvalue weighted by molar-refractivity contribution is 5.78. The molecule has 2 aromatic carbocycles. The quantitative estimate of drug-likeness (QED) is 0.542. The molecule has 4 rings (SSSR count). The zero-order valence-corrected chi connectivity index (χ0v) is 19.7. The number of halogens is 3. The minimum Gasteiger partial charge on any atom is -0.351 e. The summed E-state index contributed by atoms with van der Waals surface area (Å²) in [5.74, 6) is 0.457. The van der Waals surface area contributed by atoms with Crippen LogP contribution in [0.2, 0.25) is 0 Å². The summed E-state index contributed by atoms with van der Waals surface area (Å²) in [4.78, 5) is 20.9. The van der Waals surface area contributed by atoms with E-state index in [4.69, 9.17) is 4.52 Å². The SMILES string of the molecule is Cc1ccc(CNC(=O)CN2CCN(C(C)c3nc(-c4cccc(C(F)(F)F)c4)no3)CC2)cc1. The van der Waals surface area contributed by atoms with Crippen molar-refractivity contribution >= 4 is 5.91 Å². The standard InChI is InChI=1S/C25H28F3N5O2/c1-17-6-8-19(9-7-17)15-29-22(34)16-32-10-12-33(13-11-32)18(2)24-30-23(31-35-24)20-4-3-5-21(14-20)25(26,27)28/h3-9,14,18H,10-13,15-16H2,1-2H3,(H,29,34). The molecule has 0 bridgehead atoms. The van der Waals surface area contributed by atoms with E-state index >= 15 is 0 Å². The summed E-state index contributed by atoms with van der Waals surface area (Å²) in [6.45, 7) is 7.59. The number of amides is 1. The van der Waals surface area contributed by atoms with Crippen LogP contribution >= 0.6 is 0 Å². The Hall–Kier alpha value is -3.24. The fourth-order valence-corrected chi connectivity index (χ4v) is 3.99. The van der Waals surface area contributed by atoms with E-state index in [1.807, 2.05) is 38.1 Å². The highest BCUT2D eigenvalue weighted by atomic mass is 19.4. The van der Waals surface area contributed by atoms with E-state index in [0.29, 0.717) is 45.2 Å². The van der Waals surface area contributed by atoms with Gasteiger partial charge in [0.15, 0.2) is 0 Å². The lowest BCUT2D eigenvalue weighted by atomic mass is 10.1. The number of carbonyl (C=O) groups excluding carboxylic acids is 1. The molecular weight excluding hydrogens is 459 g/mol. The molecule has 1 saturated heterocycles. The highest BCUT2D eigenvalue weighted by Gasteiger charge is 2.31. The Labute approximate surface area is 201 Å². The lowest BCUT2D eigenvalue weighted by Crippen LogP contribution is -2.49. The number of rotatable bonds is 7. The number of aryl methyl sites for hydroxylation is 1. The number of benzene rings is 2. The summed E-state index contributed by atoms with van der Waals surface area (Å²) in [6.07, 6.45) is -4.44. The van der Waals surface area contributed by atoms with Crippen molar-refractivity contribution in [2.24, 2.45) is 0 Å². The third kappa shape index (κ3) is 6.46. The van der Waals surface area contributed by atoms with Gasteiger partial charge in [-0.05, 0) is 31.5 Å². The van der Waals surface area contributed by atoms with Gasteiger partial charge in [0.25, 0.3) is 0 Å². The molecule has 186 valence electrons. The molecule has 35 heavy (non-hydrogen) atoms. The van der Waals surface area contributed by atoms with E-state index in [2.05, 4.69) is 25.3 Å². The molecule has 0 radical (unpaired) electrons. The molecule has 0 saturated carbocycles. The van der Waals surface area contributed by atoms with Gasteiger partial charge in [0.2, 0.25) is 17.6 Å². The molecule has 2 heterocycles. The fourth-order valence-electron chi connectivity index (χ4n) is 3.99. The number of nitrogens with one attached hydrogen (secondary N) is 1. The number of hydrogen-bond donors (Lipinski definition) is 1. The van der Waals surface area contributed by atoms with E-state index < -0.39 is 11.7 Å². The van der Waals surface area contributed by atoms with Gasteiger partial charge in [0.05, 0.1) is 18.2 Å². The molecule has 3 aromatic rings. The Balaban J connectivity index is 1.27. The predicted molar refractivity (Wildman–Crippen MR) is 124 cm³/mol. The second-order valence-electron chi connectivity index (χ2n) is 8.79. The number of alkyl halides is 3. The number of piperazine rings is 1. The molecular formula is C25H28F3N5O2. The van der Waals surface area contributed by atoms with Crippen LogP contribution in [0.25, 0.3) is 11.4 Å². The molecule has 10 heteroatoms. The summed E-state index contributed by atoms with van der Waals surface area (Å²) in [7, 11) is 0. The molecule has 1 aromatic heterocycles.